The molecule has 27 heavy (non-hydrogen) atoms. The number of nitrogens with one attached hydrogen (secondary N) is 1. The van der Waals surface area contributed by atoms with E-state index in [-0.39, 0.29) is 11.1 Å². The molecule has 1 heterocycles. The fourth-order valence-corrected chi connectivity index (χ4v) is 3.01. The molecule has 8 heteroatoms. The standard InChI is InChI=1S/C19H17N3O5/c1-10-7-8-11(2)14(9-10)20-17(23)12(3)21-18(24)13-5-4-6-15(22(26)27)16(13)19(21)25/h4-9,12H,1-3H3,(H,20,23)/t12-/m1/s1. The van der Waals surface area contributed by atoms with Crippen LogP contribution in [0.3, 0.4) is 0 Å². The van der Waals surface area contributed by atoms with Crippen molar-refractivity contribution >= 4 is 29.1 Å². The fourth-order valence-electron chi connectivity index (χ4n) is 3.01. The predicted octanol–water partition coefficient (Wildman–Crippen LogP) is 2.83. The molecule has 0 saturated heterocycles. The first kappa shape index (κ1) is 18.2. The van der Waals surface area contributed by atoms with E-state index in [2.05, 4.69) is 5.32 Å². The zero-order valence-corrected chi connectivity index (χ0v) is 15.0. The molecule has 1 N–H and O–H groups in total. The van der Waals surface area contributed by atoms with E-state index in [0.717, 1.165) is 22.1 Å². The molecule has 0 bridgehead atoms. The summed E-state index contributed by atoms with van der Waals surface area (Å²) in [5, 5.41) is 13.9. The lowest BCUT2D eigenvalue weighted by Gasteiger charge is -2.22. The van der Waals surface area contributed by atoms with Crippen molar-refractivity contribution in [2.75, 3.05) is 5.32 Å². The summed E-state index contributed by atoms with van der Waals surface area (Å²) >= 11 is 0. The number of aryl methyl sites for hydroxylation is 2. The molecule has 2 aromatic rings. The van der Waals surface area contributed by atoms with Gasteiger partial charge in [0.15, 0.2) is 0 Å². The molecule has 1 aliphatic heterocycles. The Hall–Kier alpha value is -3.55. The van der Waals surface area contributed by atoms with Crippen LogP contribution in [0.4, 0.5) is 11.4 Å². The van der Waals surface area contributed by atoms with Crippen LogP contribution in [0.5, 0.6) is 0 Å². The number of nitro groups is 1. The van der Waals surface area contributed by atoms with Crippen LogP contribution in [0.15, 0.2) is 36.4 Å². The van der Waals surface area contributed by atoms with Gasteiger partial charge in [-0.1, -0.05) is 18.2 Å². The largest absolute Gasteiger partial charge is 0.324 e. The van der Waals surface area contributed by atoms with Gasteiger partial charge < -0.3 is 5.32 Å². The normalized spacial score (nSPS) is 14.1. The molecule has 0 unspecified atom stereocenters. The number of hydrogen-bond acceptors (Lipinski definition) is 5. The molecular weight excluding hydrogens is 350 g/mol. The number of hydrogen-bond donors (Lipinski definition) is 1. The average molecular weight is 367 g/mol. The molecule has 1 atom stereocenters. The second-order valence-electron chi connectivity index (χ2n) is 6.42. The van der Waals surface area contributed by atoms with Crippen LogP contribution >= 0.6 is 0 Å². The first-order chi connectivity index (χ1) is 12.7. The van der Waals surface area contributed by atoms with Crippen LogP contribution in [0.1, 0.15) is 38.8 Å². The summed E-state index contributed by atoms with van der Waals surface area (Å²) < 4.78 is 0. The summed E-state index contributed by atoms with van der Waals surface area (Å²) in [5.41, 5.74) is 1.56. The third-order valence-corrected chi connectivity index (χ3v) is 4.54. The SMILES string of the molecule is Cc1ccc(C)c(NC(=O)[C@@H](C)N2C(=O)c3cccc([N+](=O)[O-])c3C2=O)c1. The van der Waals surface area contributed by atoms with Crippen molar-refractivity contribution in [2.45, 2.75) is 26.8 Å². The zero-order chi connectivity index (χ0) is 19.9. The van der Waals surface area contributed by atoms with E-state index in [1.807, 2.05) is 26.0 Å². The summed E-state index contributed by atoms with van der Waals surface area (Å²) in [6, 6.07) is 8.25. The van der Waals surface area contributed by atoms with E-state index < -0.39 is 34.4 Å². The maximum atomic E-state index is 12.7. The maximum absolute atomic E-state index is 12.7. The smallest absolute Gasteiger partial charge is 0.282 e. The molecule has 0 aromatic heterocycles. The first-order valence-electron chi connectivity index (χ1n) is 8.25. The number of imide groups is 1. The molecule has 0 aliphatic carbocycles. The Kier molecular flexibility index (Phi) is 4.49. The number of fused-ring (bicyclic) bond motifs is 1. The third-order valence-electron chi connectivity index (χ3n) is 4.54. The third kappa shape index (κ3) is 3.05. The Bertz CT molecular complexity index is 999. The monoisotopic (exact) mass is 367 g/mol. The lowest BCUT2D eigenvalue weighted by Crippen LogP contribution is -2.45. The van der Waals surface area contributed by atoms with Crippen molar-refractivity contribution in [1.29, 1.82) is 0 Å². The van der Waals surface area contributed by atoms with Crippen molar-refractivity contribution in [1.82, 2.24) is 4.90 Å². The van der Waals surface area contributed by atoms with Gasteiger partial charge in [-0.25, -0.2) is 0 Å². The molecule has 3 rings (SSSR count). The maximum Gasteiger partial charge on any atom is 0.282 e. The number of nitrogens with zero attached hydrogens (tertiary/aromatic N) is 2. The molecule has 3 amide bonds. The Morgan fingerprint density at radius 3 is 2.52 bits per heavy atom. The average Bonchev–Trinajstić information content (AvgIpc) is 2.88. The van der Waals surface area contributed by atoms with Crippen LogP contribution in [0.2, 0.25) is 0 Å². The van der Waals surface area contributed by atoms with Crippen LogP contribution in [0.25, 0.3) is 0 Å². The van der Waals surface area contributed by atoms with E-state index in [1.54, 1.807) is 6.07 Å². The van der Waals surface area contributed by atoms with Gasteiger partial charge >= 0.3 is 0 Å². The van der Waals surface area contributed by atoms with Gasteiger partial charge in [0.25, 0.3) is 17.5 Å². The number of nitro benzene ring substituents is 1. The van der Waals surface area contributed by atoms with Gasteiger partial charge in [0.05, 0.1) is 10.5 Å². The highest BCUT2D eigenvalue weighted by Gasteiger charge is 2.44. The molecule has 1 aliphatic rings. The van der Waals surface area contributed by atoms with Crippen LogP contribution in [-0.4, -0.2) is 33.6 Å². The van der Waals surface area contributed by atoms with E-state index in [1.165, 1.54) is 19.1 Å². The number of carbonyl (C=O) groups is 3. The first-order valence-corrected chi connectivity index (χ1v) is 8.25. The molecule has 0 saturated carbocycles. The second-order valence-corrected chi connectivity index (χ2v) is 6.42. The fraction of sp³-hybridized carbons (Fsp3) is 0.211. The van der Waals surface area contributed by atoms with Gasteiger partial charge in [0.1, 0.15) is 11.6 Å². The Balaban J connectivity index is 1.90. The quantitative estimate of drug-likeness (QED) is 0.508. The Morgan fingerprint density at radius 1 is 1.15 bits per heavy atom. The van der Waals surface area contributed by atoms with Gasteiger partial charge in [0, 0.05) is 11.8 Å². The predicted molar refractivity (Wildman–Crippen MR) is 97.6 cm³/mol. The minimum absolute atomic E-state index is 0.0689. The van der Waals surface area contributed by atoms with Crippen molar-refractivity contribution in [3.63, 3.8) is 0 Å². The van der Waals surface area contributed by atoms with Crippen molar-refractivity contribution in [2.24, 2.45) is 0 Å². The van der Waals surface area contributed by atoms with E-state index >= 15 is 0 Å². The highest BCUT2D eigenvalue weighted by molar-refractivity contribution is 6.24. The molecule has 8 nitrogen and oxygen atoms in total. The lowest BCUT2D eigenvalue weighted by atomic mass is 10.1. The summed E-state index contributed by atoms with van der Waals surface area (Å²) in [6.07, 6.45) is 0. The minimum atomic E-state index is -1.13. The highest BCUT2D eigenvalue weighted by Crippen LogP contribution is 2.32. The van der Waals surface area contributed by atoms with Gasteiger partial charge in [0.2, 0.25) is 5.91 Å². The van der Waals surface area contributed by atoms with Gasteiger partial charge in [-0.3, -0.25) is 29.4 Å². The summed E-state index contributed by atoms with van der Waals surface area (Å²) in [4.78, 5) is 49.1. The number of carbonyl (C=O) groups excluding carboxylic acids is 3. The van der Waals surface area contributed by atoms with E-state index in [0.29, 0.717) is 5.69 Å². The number of amides is 3. The van der Waals surface area contributed by atoms with Crippen LogP contribution < -0.4 is 5.32 Å². The van der Waals surface area contributed by atoms with Crippen LogP contribution in [0, 0.1) is 24.0 Å². The van der Waals surface area contributed by atoms with Crippen molar-refractivity contribution in [3.8, 4) is 0 Å². The van der Waals surface area contributed by atoms with Gasteiger partial charge in [-0.05, 0) is 44.0 Å². The van der Waals surface area contributed by atoms with E-state index in [9.17, 15) is 24.5 Å². The van der Waals surface area contributed by atoms with Crippen molar-refractivity contribution in [3.05, 3.63) is 68.8 Å². The topological polar surface area (TPSA) is 110 Å². The lowest BCUT2D eigenvalue weighted by molar-refractivity contribution is -0.385. The Morgan fingerprint density at radius 2 is 1.85 bits per heavy atom. The molecule has 0 fully saturated rings. The molecule has 0 radical (unpaired) electrons. The molecule has 0 spiro atoms. The highest BCUT2D eigenvalue weighted by atomic mass is 16.6. The summed E-state index contributed by atoms with van der Waals surface area (Å²) in [6.45, 7) is 5.11. The summed E-state index contributed by atoms with van der Waals surface area (Å²) in [5.74, 6) is -2.12. The Labute approximate surface area is 154 Å². The van der Waals surface area contributed by atoms with Gasteiger partial charge in [-0.2, -0.15) is 0 Å². The molecular formula is C19H17N3O5. The molecule has 138 valence electrons. The zero-order valence-electron chi connectivity index (χ0n) is 15.0. The number of rotatable bonds is 4. The van der Waals surface area contributed by atoms with Crippen LogP contribution in [-0.2, 0) is 4.79 Å². The minimum Gasteiger partial charge on any atom is -0.324 e. The second kappa shape index (κ2) is 6.64. The van der Waals surface area contributed by atoms with Gasteiger partial charge in [-0.15, -0.1) is 0 Å². The molecule has 2 aromatic carbocycles. The van der Waals surface area contributed by atoms with E-state index in [4.69, 9.17) is 0 Å². The number of benzene rings is 2. The van der Waals surface area contributed by atoms with Crippen molar-refractivity contribution < 1.29 is 19.3 Å². The summed E-state index contributed by atoms with van der Waals surface area (Å²) in [7, 11) is 0. The number of anilines is 1.